The zero-order chi connectivity index (χ0) is 25.1. The Kier molecular flexibility index (Phi) is 5.48. The molecule has 0 N–H and O–H groups in total. The van der Waals surface area contributed by atoms with Crippen LogP contribution in [0.3, 0.4) is 0 Å². The van der Waals surface area contributed by atoms with E-state index >= 15 is 0 Å². The van der Waals surface area contributed by atoms with Crippen molar-refractivity contribution in [3.05, 3.63) is 104 Å². The van der Waals surface area contributed by atoms with Crippen molar-refractivity contribution in [2.45, 2.75) is 39.2 Å². The SMILES string of the molecule is COc1ccc(N2C(=O)c3oc4ccc(C)cc4c(=O)c3C2c2ccc(C(C)(C)C)cc2)cc1Cl. The van der Waals surface area contributed by atoms with Crippen molar-refractivity contribution in [2.75, 3.05) is 12.0 Å². The van der Waals surface area contributed by atoms with Crippen LogP contribution in [0.5, 0.6) is 5.75 Å². The van der Waals surface area contributed by atoms with E-state index in [1.807, 2.05) is 37.3 Å². The number of halogens is 1. The zero-order valence-electron chi connectivity index (χ0n) is 20.3. The molecule has 1 atom stereocenters. The van der Waals surface area contributed by atoms with Crippen molar-refractivity contribution in [1.29, 1.82) is 0 Å². The number of rotatable bonds is 3. The van der Waals surface area contributed by atoms with Gasteiger partial charge >= 0.3 is 0 Å². The van der Waals surface area contributed by atoms with Gasteiger partial charge < -0.3 is 9.15 Å². The van der Waals surface area contributed by atoms with Gasteiger partial charge in [0.25, 0.3) is 5.91 Å². The zero-order valence-corrected chi connectivity index (χ0v) is 21.1. The summed E-state index contributed by atoms with van der Waals surface area (Å²) in [7, 11) is 1.54. The smallest absolute Gasteiger partial charge is 0.295 e. The Morgan fingerprint density at radius 1 is 0.971 bits per heavy atom. The van der Waals surface area contributed by atoms with Gasteiger partial charge in [-0.3, -0.25) is 14.5 Å². The molecule has 0 aliphatic carbocycles. The summed E-state index contributed by atoms with van der Waals surface area (Å²) in [5.41, 5.74) is 3.97. The van der Waals surface area contributed by atoms with Gasteiger partial charge in [0.1, 0.15) is 11.3 Å². The molecule has 1 aliphatic rings. The summed E-state index contributed by atoms with van der Waals surface area (Å²) >= 11 is 6.42. The first-order chi connectivity index (χ1) is 16.6. The largest absolute Gasteiger partial charge is 0.495 e. The maximum atomic E-state index is 13.8. The monoisotopic (exact) mass is 487 g/mol. The number of carbonyl (C=O) groups excluding carboxylic acids is 1. The molecule has 3 aromatic carbocycles. The molecule has 35 heavy (non-hydrogen) atoms. The number of benzene rings is 3. The van der Waals surface area contributed by atoms with Gasteiger partial charge in [0.05, 0.1) is 29.1 Å². The van der Waals surface area contributed by atoms with E-state index in [1.54, 1.807) is 35.2 Å². The Morgan fingerprint density at radius 2 is 1.69 bits per heavy atom. The van der Waals surface area contributed by atoms with E-state index in [4.69, 9.17) is 20.8 Å². The lowest BCUT2D eigenvalue weighted by atomic mass is 9.86. The van der Waals surface area contributed by atoms with E-state index < -0.39 is 6.04 Å². The lowest BCUT2D eigenvalue weighted by Crippen LogP contribution is -2.29. The third-order valence-corrected chi connectivity index (χ3v) is 6.83. The molecule has 1 amide bonds. The van der Waals surface area contributed by atoms with E-state index in [9.17, 15) is 9.59 Å². The normalized spacial score (nSPS) is 15.5. The van der Waals surface area contributed by atoms with E-state index in [1.165, 1.54) is 7.11 Å². The van der Waals surface area contributed by atoms with E-state index in [0.29, 0.717) is 33.0 Å². The summed E-state index contributed by atoms with van der Waals surface area (Å²) in [5.74, 6) is 0.176. The second-order valence-corrected chi connectivity index (χ2v) is 10.3. The average molecular weight is 488 g/mol. The molecule has 4 aromatic rings. The van der Waals surface area contributed by atoms with Crippen molar-refractivity contribution in [3.63, 3.8) is 0 Å². The molecule has 1 unspecified atom stereocenters. The Balaban J connectivity index is 1.77. The lowest BCUT2D eigenvalue weighted by molar-refractivity contribution is 0.0971. The standard InChI is InChI=1S/C29H26ClNO4/c1-16-6-12-22-20(14-16)26(32)24-25(17-7-9-18(10-8-17)29(2,3)4)31(28(33)27(24)35-22)19-11-13-23(34-5)21(30)15-19/h6-15,25H,1-5H3. The van der Waals surface area contributed by atoms with Gasteiger partial charge in [-0.2, -0.15) is 0 Å². The second kappa shape index (κ2) is 8.28. The number of amides is 1. The summed E-state index contributed by atoms with van der Waals surface area (Å²) in [5, 5.41) is 0.832. The minimum Gasteiger partial charge on any atom is -0.495 e. The van der Waals surface area contributed by atoms with Crippen LogP contribution in [0.1, 0.15) is 59.6 Å². The first-order valence-electron chi connectivity index (χ1n) is 11.4. The number of hydrogen-bond donors (Lipinski definition) is 0. The van der Waals surface area contributed by atoms with Crippen LogP contribution < -0.4 is 15.1 Å². The summed E-state index contributed by atoms with van der Waals surface area (Å²) in [6, 6.07) is 17.9. The molecule has 1 aliphatic heterocycles. The summed E-state index contributed by atoms with van der Waals surface area (Å²) < 4.78 is 11.3. The molecule has 5 nitrogen and oxygen atoms in total. The van der Waals surface area contributed by atoms with Crippen molar-refractivity contribution >= 4 is 34.2 Å². The first-order valence-corrected chi connectivity index (χ1v) is 11.8. The van der Waals surface area contributed by atoms with Gasteiger partial charge in [-0.25, -0.2) is 0 Å². The number of anilines is 1. The van der Waals surface area contributed by atoms with E-state index in [0.717, 1.165) is 16.7 Å². The van der Waals surface area contributed by atoms with Crippen molar-refractivity contribution in [2.24, 2.45) is 0 Å². The second-order valence-electron chi connectivity index (χ2n) is 9.94. The molecule has 0 fully saturated rings. The van der Waals surface area contributed by atoms with Gasteiger partial charge in [0, 0.05) is 5.69 Å². The molecule has 0 bridgehead atoms. The first kappa shape index (κ1) is 23.2. The van der Waals surface area contributed by atoms with Crippen LogP contribution in [-0.4, -0.2) is 13.0 Å². The van der Waals surface area contributed by atoms with Crippen LogP contribution in [0, 0.1) is 6.92 Å². The van der Waals surface area contributed by atoms with Crippen LogP contribution in [0.2, 0.25) is 5.02 Å². The minimum atomic E-state index is -0.655. The topological polar surface area (TPSA) is 59.8 Å². The van der Waals surface area contributed by atoms with Gasteiger partial charge in [-0.1, -0.05) is 68.3 Å². The van der Waals surface area contributed by atoms with Crippen LogP contribution in [0.15, 0.2) is 69.9 Å². The molecule has 6 heteroatoms. The van der Waals surface area contributed by atoms with E-state index in [-0.39, 0.29) is 22.5 Å². The molecule has 178 valence electrons. The number of ether oxygens (including phenoxy) is 1. The van der Waals surface area contributed by atoms with Gasteiger partial charge in [-0.05, 0) is 53.8 Å². The number of hydrogen-bond acceptors (Lipinski definition) is 4. The Hall–Kier alpha value is -3.57. The van der Waals surface area contributed by atoms with Crippen molar-refractivity contribution in [3.8, 4) is 5.75 Å². The molecule has 0 saturated heterocycles. The van der Waals surface area contributed by atoms with Gasteiger partial charge in [0.15, 0.2) is 5.43 Å². The Bertz CT molecular complexity index is 1530. The fourth-order valence-corrected chi connectivity index (χ4v) is 4.89. The van der Waals surface area contributed by atoms with Crippen molar-refractivity contribution in [1.82, 2.24) is 0 Å². The summed E-state index contributed by atoms with van der Waals surface area (Å²) in [6.45, 7) is 8.35. The molecule has 0 radical (unpaired) electrons. The number of methoxy groups -OCH3 is 1. The van der Waals surface area contributed by atoms with Gasteiger partial charge in [0.2, 0.25) is 5.76 Å². The van der Waals surface area contributed by atoms with Gasteiger partial charge in [-0.15, -0.1) is 0 Å². The van der Waals surface area contributed by atoms with Crippen LogP contribution in [-0.2, 0) is 5.41 Å². The fourth-order valence-electron chi connectivity index (χ4n) is 4.64. The highest BCUT2D eigenvalue weighted by atomic mass is 35.5. The van der Waals surface area contributed by atoms with Crippen LogP contribution in [0.25, 0.3) is 11.0 Å². The van der Waals surface area contributed by atoms with E-state index in [2.05, 4.69) is 20.8 Å². The van der Waals surface area contributed by atoms with Crippen LogP contribution >= 0.6 is 11.6 Å². The number of aryl methyl sites for hydroxylation is 1. The summed E-state index contributed by atoms with van der Waals surface area (Å²) in [4.78, 5) is 29.1. The number of carbonyl (C=O) groups is 1. The maximum Gasteiger partial charge on any atom is 0.295 e. The Labute approximate surface area is 208 Å². The molecule has 1 aromatic heterocycles. The molecule has 5 rings (SSSR count). The average Bonchev–Trinajstić information content (AvgIpc) is 3.11. The fraction of sp³-hybridized carbons (Fsp3) is 0.241. The number of fused-ring (bicyclic) bond motifs is 2. The third kappa shape index (κ3) is 3.80. The minimum absolute atomic E-state index is 0.0299. The quantitative estimate of drug-likeness (QED) is 0.318. The third-order valence-electron chi connectivity index (χ3n) is 6.53. The highest BCUT2D eigenvalue weighted by Crippen LogP contribution is 2.43. The highest BCUT2D eigenvalue weighted by Gasteiger charge is 2.43. The highest BCUT2D eigenvalue weighted by molar-refractivity contribution is 6.32. The molecular formula is C29H26ClNO4. The molecule has 0 spiro atoms. The lowest BCUT2D eigenvalue weighted by Gasteiger charge is -2.26. The maximum absolute atomic E-state index is 13.8. The molecule has 2 heterocycles. The summed E-state index contributed by atoms with van der Waals surface area (Å²) in [6.07, 6.45) is 0. The predicted molar refractivity (Wildman–Crippen MR) is 139 cm³/mol. The van der Waals surface area contributed by atoms with Crippen LogP contribution in [0.4, 0.5) is 5.69 Å². The van der Waals surface area contributed by atoms with Crippen molar-refractivity contribution < 1.29 is 13.9 Å². The Morgan fingerprint density at radius 3 is 2.31 bits per heavy atom. The molecular weight excluding hydrogens is 462 g/mol. The predicted octanol–water partition coefficient (Wildman–Crippen LogP) is 6.81. The molecule has 0 saturated carbocycles. The number of nitrogens with zero attached hydrogens (tertiary/aromatic N) is 1.